The van der Waals surface area contributed by atoms with Gasteiger partial charge in [-0.15, -0.1) is 0 Å². The lowest BCUT2D eigenvalue weighted by molar-refractivity contribution is 0.560. The van der Waals surface area contributed by atoms with Crippen LogP contribution in [0.15, 0.2) is 51.6 Å². The van der Waals surface area contributed by atoms with Crippen LogP contribution in [0.4, 0.5) is 0 Å². The van der Waals surface area contributed by atoms with E-state index in [0.29, 0.717) is 11.9 Å². The van der Waals surface area contributed by atoms with Gasteiger partial charge in [-0.25, -0.2) is 4.98 Å². The Morgan fingerprint density at radius 1 is 1.14 bits per heavy atom. The molecule has 0 amide bonds. The molecule has 108 valence electrons. The lowest BCUT2D eigenvalue weighted by atomic mass is 10.1. The van der Waals surface area contributed by atoms with E-state index in [4.69, 9.17) is 4.42 Å². The zero-order chi connectivity index (χ0) is 14.8. The van der Waals surface area contributed by atoms with Crippen LogP contribution in [-0.2, 0) is 6.54 Å². The van der Waals surface area contributed by atoms with Gasteiger partial charge in [0.1, 0.15) is 6.26 Å². The molecule has 0 unspecified atom stereocenters. The van der Waals surface area contributed by atoms with E-state index in [2.05, 4.69) is 64.3 Å². The van der Waals surface area contributed by atoms with Gasteiger partial charge in [-0.3, -0.25) is 0 Å². The molecular formula is C17H17BrN2O. The molecule has 0 aliphatic heterocycles. The van der Waals surface area contributed by atoms with Crippen LogP contribution in [0.5, 0.6) is 0 Å². The number of hydrogen-bond donors (Lipinski definition) is 1. The number of fused-ring (bicyclic) bond motifs is 1. The molecule has 0 spiro atoms. The first-order valence-electron chi connectivity index (χ1n) is 6.99. The van der Waals surface area contributed by atoms with Gasteiger partial charge in [0.25, 0.3) is 0 Å². The summed E-state index contributed by atoms with van der Waals surface area (Å²) in [6, 6.07) is 12.9. The van der Waals surface area contributed by atoms with Crippen LogP contribution in [0.3, 0.4) is 0 Å². The maximum atomic E-state index is 5.60. The molecule has 1 aromatic heterocycles. The summed E-state index contributed by atoms with van der Waals surface area (Å²) < 4.78 is 6.68. The van der Waals surface area contributed by atoms with Crippen molar-refractivity contribution >= 4 is 26.7 Å². The van der Waals surface area contributed by atoms with E-state index in [9.17, 15) is 0 Å². The Morgan fingerprint density at radius 3 is 2.71 bits per heavy atom. The number of nitrogens with zero attached hydrogens (tertiary/aromatic N) is 1. The Bertz CT molecular complexity index is 764. The van der Waals surface area contributed by atoms with Crippen molar-refractivity contribution in [1.82, 2.24) is 10.3 Å². The summed E-state index contributed by atoms with van der Waals surface area (Å²) in [4.78, 5) is 4.54. The normalized spacial score (nSPS) is 11.4. The van der Waals surface area contributed by atoms with Gasteiger partial charge in [-0.1, -0.05) is 41.9 Å². The largest absolute Gasteiger partial charge is 0.444 e. The zero-order valence-electron chi connectivity index (χ0n) is 12.1. The number of benzene rings is 2. The van der Waals surface area contributed by atoms with Crippen LogP contribution in [0.25, 0.3) is 22.2 Å². The summed E-state index contributed by atoms with van der Waals surface area (Å²) in [5, 5.41) is 5.71. The molecule has 1 N–H and O–H groups in total. The van der Waals surface area contributed by atoms with E-state index in [1.165, 1.54) is 10.8 Å². The Kier molecular flexibility index (Phi) is 4.08. The molecule has 3 rings (SSSR count). The van der Waals surface area contributed by atoms with Crippen molar-refractivity contribution in [3.63, 3.8) is 0 Å². The zero-order valence-corrected chi connectivity index (χ0v) is 13.6. The SMILES string of the molecule is CC(C)NCc1coc(-c2ccc3cc(Br)ccc3c2)n1. The van der Waals surface area contributed by atoms with E-state index >= 15 is 0 Å². The number of oxazole rings is 1. The van der Waals surface area contributed by atoms with E-state index in [0.717, 1.165) is 22.3 Å². The molecule has 0 radical (unpaired) electrons. The average Bonchev–Trinajstić information content (AvgIpc) is 2.93. The highest BCUT2D eigenvalue weighted by Crippen LogP contribution is 2.26. The van der Waals surface area contributed by atoms with Gasteiger partial charge >= 0.3 is 0 Å². The molecule has 0 saturated carbocycles. The lowest BCUT2D eigenvalue weighted by Gasteiger charge is -2.04. The van der Waals surface area contributed by atoms with E-state index in [1.807, 2.05) is 12.1 Å². The van der Waals surface area contributed by atoms with Gasteiger partial charge in [0, 0.05) is 22.6 Å². The molecule has 0 aliphatic carbocycles. The highest BCUT2D eigenvalue weighted by Gasteiger charge is 2.08. The molecule has 1 heterocycles. The fraction of sp³-hybridized carbons (Fsp3) is 0.235. The first kappa shape index (κ1) is 14.3. The maximum Gasteiger partial charge on any atom is 0.226 e. The van der Waals surface area contributed by atoms with E-state index < -0.39 is 0 Å². The van der Waals surface area contributed by atoms with Crippen molar-refractivity contribution in [3.05, 3.63) is 52.8 Å². The van der Waals surface area contributed by atoms with Gasteiger partial charge in [0.15, 0.2) is 0 Å². The topological polar surface area (TPSA) is 38.1 Å². The smallest absolute Gasteiger partial charge is 0.226 e. The third-order valence-corrected chi connectivity index (χ3v) is 3.79. The average molecular weight is 345 g/mol. The summed E-state index contributed by atoms with van der Waals surface area (Å²) in [6.07, 6.45) is 1.72. The summed E-state index contributed by atoms with van der Waals surface area (Å²) in [6.45, 7) is 4.95. The number of nitrogens with one attached hydrogen (secondary N) is 1. The number of hydrogen-bond acceptors (Lipinski definition) is 3. The molecule has 3 nitrogen and oxygen atoms in total. The highest BCUT2D eigenvalue weighted by atomic mass is 79.9. The van der Waals surface area contributed by atoms with Gasteiger partial charge in [0.05, 0.1) is 5.69 Å². The Morgan fingerprint density at radius 2 is 1.90 bits per heavy atom. The van der Waals surface area contributed by atoms with Crippen molar-refractivity contribution in [2.24, 2.45) is 0 Å². The Hall–Kier alpha value is -1.65. The molecule has 4 heteroatoms. The van der Waals surface area contributed by atoms with Crippen molar-refractivity contribution in [2.75, 3.05) is 0 Å². The van der Waals surface area contributed by atoms with Gasteiger partial charge in [0.2, 0.25) is 5.89 Å². The van der Waals surface area contributed by atoms with Crippen molar-refractivity contribution in [2.45, 2.75) is 26.4 Å². The minimum Gasteiger partial charge on any atom is -0.444 e. The Labute approximate surface area is 132 Å². The fourth-order valence-corrected chi connectivity index (χ4v) is 2.56. The third-order valence-electron chi connectivity index (χ3n) is 3.29. The predicted molar refractivity (Wildman–Crippen MR) is 89.1 cm³/mol. The molecule has 2 aromatic carbocycles. The number of aromatic nitrogens is 1. The maximum absolute atomic E-state index is 5.60. The molecular weight excluding hydrogens is 328 g/mol. The van der Waals surface area contributed by atoms with Crippen molar-refractivity contribution in [1.29, 1.82) is 0 Å². The monoisotopic (exact) mass is 344 g/mol. The summed E-state index contributed by atoms with van der Waals surface area (Å²) in [5.41, 5.74) is 1.93. The van der Waals surface area contributed by atoms with Crippen LogP contribution >= 0.6 is 15.9 Å². The first-order valence-corrected chi connectivity index (χ1v) is 7.78. The molecule has 0 atom stereocenters. The molecule has 0 bridgehead atoms. The minimum absolute atomic E-state index is 0.435. The van der Waals surface area contributed by atoms with Crippen LogP contribution in [0.1, 0.15) is 19.5 Å². The van der Waals surface area contributed by atoms with Gasteiger partial charge in [-0.2, -0.15) is 0 Å². The lowest BCUT2D eigenvalue weighted by Crippen LogP contribution is -2.21. The summed E-state index contributed by atoms with van der Waals surface area (Å²) in [5.74, 6) is 0.667. The predicted octanol–water partition coefficient (Wildman–Crippen LogP) is 4.76. The molecule has 3 aromatic rings. The third kappa shape index (κ3) is 3.34. The second-order valence-corrected chi connectivity index (χ2v) is 6.30. The number of rotatable bonds is 4. The quantitative estimate of drug-likeness (QED) is 0.741. The second-order valence-electron chi connectivity index (χ2n) is 5.39. The molecule has 21 heavy (non-hydrogen) atoms. The van der Waals surface area contributed by atoms with Crippen molar-refractivity contribution < 1.29 is 4.42 Å². The van der Waals surface area contributed by atoms with Crippen LogP contribution in [0.2, 0.25) is 0 Å². The van der Waals surface area contributed by atoms with Crippen LogP contribution < -0.4 is 5.32 Å². The van der Waals surface area contributed by atoms with Crippen LogP contribution in [-0.4, -0.2) is 11.0 Å². The van der Waals surface area contributed by atoms with Gasteiger partial charge in [-0.05, 0) is 35.0 Å². The summed E-state index contributed by atoms with van der Waals surface area (Å²) in [7, 11) is 0. The van der Waals surface area contributed by atoms with Gasteiger partial charge < -0.3 is 9.73 Å². The fourth-order valence-electron chi connectivity index (χ4n) is 2.18. The van der Waals surface area contributed by atoms with E-state index in [1.54, 1.807) is 6.26 Å². The second kappa shape index (κ2) is 6.00. The van der Waals surface area contributed by atoms with E-state index in [-0.39, 0.29) is 0 Å². The highest BCUT2D eigenvalue weighted by molar-refractivity contribution is 9.10. The minimum atomic E-state index is 0.435. The molecule has 0 fully saturated rings. The molecule has 0 saturated heterocycles. The van der Waals surface area contributed by atoms with Crippen molar-refractivity contribution in [3.8, 4) is 11.5 Å². The Balaban J connectivity index is 1.88. The van der Waals surface area contributed by atoms with Crippen LogP contribution in [0, 0.1) is 0 Å². The molecule has 0 aliphatic rings. The number of halogens is 1. The first-order chi connectivity index (χ1) is 10.1. The standard InChI is InChI=1S/C17H17BrN2O/c1-11(2)19-9-16-10-21-17(20-16)14-4-3-13-8-15(18)6-5-12(13)7-14/h3-8,10-11,19H,9H2,1-2H3. The summed E-state index contributed by atoms with van der Waals surface area (Å²) >= 11 is 3.49.